The number of carbonyl (C=O) groups excluding carboxylic acids is 1. The molecule has 1 amide bonds. The van der Waals surface area contributed by atoms with Crippen LogP contribution in [0.2, 0.25) is 0 Å². The van der Waals surface area contributed by atoms with Crippen molar-refractivity contribution in [2.75, 3.05) is 40.1 Å². The lowest BCUT2D eigenvalue weighted by atomic mass is 10.1. The Morgan fingerprint density at radius 2 is 1.69 bits per heavy atom. The van der Waals surface area contributed by atoms with E-state index < -0.39 is 10.0 Å². The van der Waals surface area contributed by atoms with Gasteiger partial charge in [-0.15, -0.1) is 0 Å². The van der Waals surface area contributed by atoms with Crippen LogP contribution in [-0.2, 0) is 34.3 Å². The highest BCUT2D eigenvalue weighted by atomic mass is 32.2. The maximum Gasteiger partial charge on any atom is 0.242 e. The van der Waals surface area contributed by atoms with Gasteiger partial charge in [0.1, 0.15) is 5.82 Å². The first-order chi connectivity index (χ1) is 16.5. The molecule has 0 N–H and O–H groups in total. The summed E-state index contributed by atoms with van der Waals surface area (Å²) in [6, 6.07) is 13.3. The summed E-state index contributed by atoms with van der Waals surface area (Å²) >= 11 is 0. The minimum atomic E-state index is -3.54. The van der Waals surface area contributed by atoms with Crippen LogP contribution < -0.4 is 4.90 Å². The first kappa shape index (κ1) is 26.7. The monoisotopic (exact) mass is 499 g/mol. The molecule has 8 nitrogen and oxygen atoms in total. The van der Waals surface area contributed by atoms with Gasteiger partial charge in [0.25, 0.3) is 0 Å². The Hall–Kier alpha value is -2.91. The van der Waals surface area contributed by atoms with Gasteiger partial charge in [-0.2, -0.15) is 0 Å². The molecule has 0 radical (unpaired) electrons. The number of sulfonamides is 1. The molecule has 0 saturated carbocycles. The number of carbonyl (C=O) groups is 1. The van der Waals surface area contributed by atoms with Crippen molar-refractivity contribution in [2.24, 2.45) is 0 Å². The first-order valence-corrected chi connectivity index (χ1v) is 13.4. The molecule has 0 atom stereocenters. The molecule has 1 heterocycles. The number of nitrogens with zero attached hydrogens (tertiary/aromatic N) is 5. The summed E-state index contributed by atoms with van der Waals surface area (Å²) in [5.74, 6) is 0.858. The second-order valence-electron chi connectivity index (χ2n) is 9.28. The highest BCUT2D eigenvalue weighted by Crippen LogP contribution is 2.23. The number of aromatic nitrogens is 2. The first-order valence-electron chi connectivity index (χ1n) is 12.0. The van der Waals surface area contributed by atoms with E-state index in [0.29, 0.717) is 24.9 Å². The topological polar surface area (TPSA) is 78.8 Å². The van der Waals surface area contributed by atoms with E-state index in [4.69, 9.17) is 4.98 Å². The normalized spacial score (nSPS) is 11.9. The van der Waals surface area contributed by atoms with Crippen molar-refractivity contribution in [2.45, 2.75) is 50.6 Å². The van der Waals surface area contributed by atoms with Crippen molar-refractivity contribution in [1.82, 2.24) is 18.8 Å². The Morgan fingerprint density at radius 3 is 2.29 bits per heavy atom. The number of benzene rings is 2. The third kappa shape index (κ3) is 6.21. The maximum absolute atomic E-state index is 12.9. The van der Waals surface area contributed by atoms with Crippen LogP contribution in [0.25, 0.3) is 11.0 Å². The summed E-state index contributed by atoms with van der Waals surface area (Å²) in [4.78, 5) is 21.6. The lowest BCUT2D eigenvalue weighted by Gasteiger charge is -2.18. The molecule has 0 bridgehead atoms. The predicted octanol–water partition coefficient (Wildman–Crippen LogP) is 3.74. The number of hydrogen-bond donors (Lipinski definition) is 0. The zero-order chi connectivity index (χ0) is 25.8. The lowest BCUT2D eigenvalue weighted by Crippen LogP contribution is -2.26. The van der Waals surface area contributed by atoms with E-state index in [-0.39, 0.29) is 10.8 Å². The number of hydrogen-bond acceptors (Lipinski definition) is 5. The van der Waals surface area contributed by atoms with Crippen LogP contribution in [0.5, 0.6) is 0 Å². The third-order valence-corrected chi connectivity index (χ3v) is 7.98. The summed E-state index contributed by atoms with van der Waals surface area (Å²) in [6.45, 7) is 3.46. The van der Waals surface area contributed by atoms with Gasteiger partial charge in [0.2, 0.25) is 15.9 Å². The van der Waals surface area contributed by atoms with Crippen LogP contribution in [0.1, 0.15) is 37.6 Å². The maximum atomic E-state index is 12.9. The molecule has 3 aromatic rings. The minimum absolute atomic E-state index is 0.0478. The molecule has 0 aliphatic rings. The van der Waals surface area contributed by atoms with Crippen LogP contribution in [0.15, 0.2) is 47.4 Å². The number of unbranched alkanes of at least 4 members (excludes halogenated alkanes) is 1. The van der Waals surface area contributed by atoms with Crippen LogP contribution in [0, 0.1) is 0 Å². The third-order valence-electron chi connectivity index (χ3n) is 6.17. The summed E-state index contributed by atoms with van der Waals surface area (Å²) in [6.07, 6.45) is 2.84. The Morgan fingerprint density at radius 1 is 1.00 bits per heavy atom. The van der Waals surface area contributed by atoms with Gasteiger partial charge in [0.15, 0.2) is 0 Å². The van der Waals surface area contributed by atoms with E-state index >= 15 is 0 Å². The van der Waals surface area contributed by atoms with Gasteiger partial charge in [-0.05, 0) is 42.3 Å². The van der Waals surface area contributed by atoms with Crippen LogP contribution in [-0.4, -0.2) is 68.3 Å². The zero-order valence-corrected chi connectivity index (χ0v) is 22.5. The Bertz CT molecular complexity index is 1260. The Balaban J connectivity index is 1.76. The number of anilines is 1. The number of rotatable bonds is 11. The average molecular weight is 500 g/mol. The minimum Gasteiger partial charge on any atom is -0.378 e. The van der Waals surface area contributed by atoms with E-state index in [1.54, 1.807) is 17.0 Å². The van der Waals surface area contributed by atoms with Gasteiger partial charge in [-0.25, -0.2) is 17.7 Å². The summed E-state index contributed by atoms with van der Waals surface area (Å²) in [5.41, 5.74) is 3.74. The summed E-state index contributed by atoms with van der Waals surface area (Å²) in [5, 5.41) is 0. The largest absolute Gasteiger partial charge is 0.378 e. The van der Waals surface area contributed by atoms with Crippen molar-refractivity contribution in [1.29, 1.82) is 0 Å². The van der Waals surface area contributed by atoms with Gasteiger partial charge in [0.05, 0.1) is 15.9 Å². The fourth-order valence-electron chi connectivity index (χ4n) is 3.96. The molecule has 3 rings (SSSR count). The van der Waals surface area contributed by atoms with Crippen molar-refractivity contribution >= 4 is 32.7 Å². The SMILES string of the molecule is CCCCn1c(CCC(=O)N(C)Cc2ccc(N(C)C)cc2)nc2cc(S(=O)(=O)N(C)C)ccc21. The smallest absolute Gasteiger partial charge is 0.242 e. The molecular weight excluding hydrogens is 462 g/mol. The van der Waals surface area contributed by atoms with Gasteiger partial charge in [-0.3, -0.25) is 4.79 Å². The molecular formula is C26H37N5O3S. The van der Waals surface area contributed by atoms with Crippen LogP contribution in [0.4, 0.5) is 5.69 Å². The van der Waals surface area contributed by atoms with Crippen molar-refractivity contribution in [3.05, 3.63) is 53.9 Å². The number of fused-ring (bicyclic) bond motifs is 1. The van der Waals surface area contributed by atoms with Gasteiger partial charge in [-0.1, -0.05) is 25.5 Å². The molecule has 0 unspecified atom stereocenters. The number of imidazole rings is 1. The van der Waals surface area contributed by atoms with Gasteiger partial charge >= 0.3 is 0 Å². The molecule has 2 aromatic carbocycles. The molecule has 0 aliphatic heterocycles. The second-order valence-corrected chi connectivity index (χ2v) is 11.4. The van der Waals surface area contributed by atoms with Gasteiger partial charge < -0.3 is 14.4 Å². The Kier molecular flexibility index (Phi) is 8.56. The van der Waals surface area contributed by atoms with Crippen molar-refractivity contribution in [3.8, 4) is 0 Å². The second kappa shape index (κ2) is 11.2. The molecule has 0 aliphatic carbocycles. The van der Waals surface area contributed by atoms with E-state index in [1.807, 2.05) is 44.2 Å². The highest BCUT2D eigenvalue weighted by molar-refractivity contribution is 7.89. The van der Waals surface area contributed by atoms with Gasteiger partial charge in [0, 0.05) is 66.9 Å². The van der Waals surface area contributed by atoms with E-state index in [0.717, 1.165) is 42.0 Å². The predicted molar refractivity (Wildman–Crippen MR) is 141 cm³/mol. The fourth-order valence-corrected chi connectivity index (χ4v) is 4.88. The highest BCUT2D eigenvalue weighted by Gasteiger charge is 2.20. The van der Waals surface area contributed by atoms with Crippen LogP contribution in [0.3, 0.4) is 0 Å². The van der Waals surface area contributed by atoms with E-state index in [9.17, 15) is 13.2 Å². The van der Waals surface area contributed by atoms with E-state index in [2.05, 4.69) is 23.6 Å². The summed E-state index contributed by atoms with van der Waals surface area (Å²) in [7, 11) is 5.31. The van der Waals surface area contributed by atoms with Crippen LogP contribution >= 0.6 is 0 Å². The number of aryl methyl sites for hydroxylation is 2. The standard InChI is InChI=1S/C26H37N5O3S/c1-7-8-17-31-24-14-13-22(35(33,34)29(4)5)18-23(24)27-25(31)15-16-26(32)30(6)19-20-9-11-21(12-10-20)28(2)3/h9-14,18H,7-8,15-17,19H2,1-6H3. The molecule has 9 heteroatoms. The lowest BCUT2D eigenvalue weighted by molar-refractivity contribution is -0.130. The van der Waals surface area contributed by atoms with E-state index in [1.165, 1.54) is 18.4 Å². The zero-order valence-electron chi connectivity index (χ0n) is 21.7. The van der Waals surface area contributed by atoms with Crippen molar-refractivity contribution < 1.29 is 13.2 Å². The quantitative estimate of drug-likeness (QED) is 0.402. The average Bonchev–Trinajstić information content (AvgIpc) is 3.17. The summed E-state index contributed by atoms with van der Waals surface area (Å²) < 4.78 is 28.5. The Labute approximate surface area is 209 Å². The molecule has 190 valence electrons. The number of amides is 1. The molecule has 1 aromatic heterocycles. The molecule has 0 saturated heterocycles. The molecule has 0 spiro atoms. The fraction of sp³-hybridized carbons (Fsp3) is 0.462. The molecule has 0 fully saturated rings. The molecule has 35 heavy (non-hydrogen) atoms. The van der Waals surface area contributed by atoms with Crippen molar-refractivity contribution in [3.63, 3.8) is 0 Å².